The first-order valence-corrected chi connectivity index (χ1v) is 12.5. The first kappa shape index (κ1) is 20.6. The van der Waals surface area contributed by atoms with Gasteiger partial charge in [0.1, 0.15) is 5.52 Å². The van der Waals surface area contributed by atoms with Crippen molar-refractivity contribution in [3.63, 3.8) is 0 Å². The number of rotatable bonds is 7. The lowest BCUT2D eigenvalue weighted by molar-refractivity contribution is -0.113. The normalized spacial score (nSPS) is 11.6. The highest BCUT2D eigenvalue weighted by molar-refractivity contribution is 7.99. The molecule has 0 spiro atoms. The minimum Gasteiger partial charge on any atom is -0.431 e. The molecule has 2 aromatic carbocycles. The van der Waals surface area contributed by atoms with Crippen LogP contribution in [0.4, 0.5) is 5.13 Å². The van der Waals surface area contributed by atoms with Gasteiger partial charge in [0.05, 0.1) is 22.1 Å². The second-order valence-electron chi connectivity index (χ2n) is 6.25. The molecule has 0 radical (unpaired) electrons. The number of thiazole rings is 1. The third-order valence-electron chi connectivity index (χ3n) is 4.23. The van der Waals surface area contributed by atoms with E-state index in [-0.39, 0.29) is 22.3 Å². The van der Waals surface area contributed by atoms with Gasteiger partial charge >= 0.3 is 0 Å². The first-order valence-electron chi connectivity index (χ1n) is 9.01. The van der Waals surface area contributed by atoms with Gasteiger partial charge in [-0.3, -0.25) is 4.79 Å². The van der Waals surface area contributed by atoms with Crippen LogP contribution in [-0.2, 0) is 14.6 Å². The van der Waals surface area contributed by atoms with Crippen molar-refractivity contribution in [3.05, 3.63) is 53.9 Å². The third kappa shape index (κ3) is 4.55. The summed E-state index contributed by atoms with van der Waals surface area (Å²) in [6.45, 7) is 1.59. The predicted octanol–water partition coefficient (Wildman–Crippen LogP) is 4.48. The highest BCUT2D eigenvalue weighted by atomic mass is 32.2. The monoisotopic (exact) mass is 459 g/mol. The number of thioether (sulfide) groups is 1. The topological polar surface area (TPSA) is 102 Å². The van der Waals surface area contributed by atoms with Gasteiger partial charge in [-0.2, -0.15) is 0 Å². The van der Waals surface area contributed by atoms with Crippen molar-refractivity contribution in [2.75, 3.05) is 16.8 Å². The van der Waals surface area contributed by atoms with E-state index in [4.69, 9.17) is 4.42 Å². The number of hydrogen-bond acceptors (Lipinski definition) is 8. The Morgan fingerprint density at radius 2 is 1.97 bits per heavy atom. The quantitative estimate of drug-likeness (QED) is 0.407. The number of carbonyl (C=O) groups excluding carboxylic acids is 1. The van der Waals surface area contributed by atoms with Crippen LogP contribution in [0.5, 0.6) is 0 Å². The first-order chi connectivity index (χ1) is 14.4. The van der Waals surface area contributed by atoms with Crippen LogP contribution in [0.15, 0.2) is 68.4 Å². The maximum atomic E-state index is 12.3. The molecule has 7 nitrogen and oxygen atoms in total. The van der Waals surface area contributed by atoms with Crippen LogP contribution in [0.25, 0.3) is 22.4 Å². The van der Waals surface area contributed by atoms with E-state index in [2.05, 4.69) is 15.3 Å². The van der Waals surface area contributed by atoms with Crippen molar-refractivity contribution in [2.24, 2.45) is 0 Å². The number of benzene rings is 2. The zero-order chi connectivity index (χ0) is 21.1. The largest absolute Gasteiger partial charge is 0.431 e. The summed E-state index contributed by atoms with van der Waals surface area (Å²) >= 11 is 2.49. The van der Waals surface area contributed by atoms with Crippen molar-refractivity contribution in [1.82, 2.24) is 9.97 Å². The number of hydrogen-bond donors (Lipinski definition) is 1. The number of nitrogens with one attached hydrogen (secondary N) is 1. The van der Waals surface area contributed by atoms with Crippen LogP contribution >= 0.6 is 23.1 Å². The van der Waals surface area contributed by atoms with E-state index in [0.717, 1.165) is 23.0 Å². The van der Waals surface area contributed by atoms with Crippen molar-refractivity contribution in [2.45, 2.75) is 17.0 Å². The molecule has 30 heavy (non-hydrogen) atoms. The molecule has 1 amide bonds. The molecule has 0 aliphatic carbocycles. The fraction of sp³-hybridized carbons (Fsp3) is 0.150. The van der Waals surface area contributed by atoms with Crippen LogP contribution in [0.2, 0.25) is 0 Å². The Bertz CT molecular complexity index is 1300. The number of nitrogens with zero attached hydrogens (tertiary/aromatic N) is 2. The standard InChI is InChI=1S/C20H17N3O4S3/c1-2-30(25,26)14-8-9-17-15(10-14)22-20(27-17)29-12-18(24)23-19-21-16(11-28-19)13-6-4-3-5-7-13/h3-11H,2,12H2,1H3,(H,21,23,24). The molecule has 154 valence electrons. The molecule has 0 aliphatic heterocycles. The summed E-state index contributed by atoms with van der Waals surface area (Å²) in [5.41, 5.74) is 2.71. The average Bonchev–Trinajstić information content (AvgIpc) is 3.39. The molecule has 0 unspecified atom stereocenters. The van der Waals surface area contributed by atoms with E-state index in [1.54, 1.807) is 13.0 Å². The zero-order valence-electron chi connectivity index (χ0n) is 15.9. The highest BCUT2D eigenvalue weighted by Gasteiger charge is 2.16. The molecule has 0 saturated carbocycles. The molecule has 1 N–H and O–H groups in total. The number of oxazole rings is 1. The summed E-state index contributed by atoms with van der Waals surface area (Å²) in [5, 5.41) is 5.48. The molecule has 2 heterocycles. The van der Waals surface area contributed by atoms with Gasteiger partial charge in [-0.15, -0.1) is 11.3 Å². The van der Waals surface area contributed by atoms with E-state index in [1.807, 2.05) is 35.7 Å². The minimum absolute atomic E-state index is 0.0148. The smallest absolute Gasteiger partial charge is 0.257 e. The molecule has 0 atom stereocenters. The summed E-state index contributed by atoms with van der Waals surface area (Å²) in [6, 6.07) is 14.3. The van der Waals surface area contributed by atoms with E-state index < -0.39 is 9.84 Å². The Morgan fingerprint density at radius 3 is 2.73 bits per heavy atom. The third-order valence-corrected chi connectivity index (χ3v) is 7.54. The molecule has 0 saturated heterocycles. The van der Waals surface area contributed by atoms with E-state index in [1.165, 1.54) is 23.5 Å². The van der Waals surface area contributed by atoms with Crippen LogP contribution in [0.3, 0.4) is 0 Å². The second kappa shape index (κ2) is 8.58. The number of amides is 1. The molecule has 0 aliphatic rings. The second-order valence-corrected chi connectivity index (χ2v) is 10.3. The minimum atomic E-state index is -3.32. The lowest BCUT2D eigenvalue weighted by Gasteiger charge is -1.99. The summed E-state index contributed by atoms with van der Waals surface area (Å²) < 4.78 is 29.6. The Hall–Kier alpha value is -2.69. The fourth-order valence-corrected chi connectivity index (χ4v) is 4.94. The number of anilines is 1. The Kier molecular flexibility index (Phi) is 5.89. The van der Waals surface area contributed by atoms with Gasteiger partial charge in [-0.05, 0) is 18.2 Å². The molecule has 4 aromatic rings. The number of fused-ring (bicyclic) bond motifs is 1. The summed E-state index contributed by atoms with van der Waals surface area (Å²) in [4.78, 5) is 21.2. The lowest BCUT2D eigenvalue weighted by Crippen LogP contribution is -2.13. The van der Waals surface area contributed by atoms with E-state index >= 15 is 0 Å². The van der Waals surface area contributed by atoms with Gasteiger partial charge in [0, 0.05) is 10.9 Å². The van der Waals surface area contributed by atoms with Gasteiger partial charge in [0.25, 0.3) is 5.22 Å². The Morgan fingerprint density at radius 1 is 1.17 bits per heavy atom. The number of carbonyl (C=O) groups is 1. The number of aromatic nitrogens is 2. The van der Waals surface area contributed by atoms with Gasteiger partial charge < -0.3 is 9.73 Å². The SMILES string of the molecule is CCS(=O)(=O)c1ccc2oc(SCC(=O)Nc3nc(-c4ccccc4)cs3)nc2c1. The zero-order valence-corrected chi connectivity index (χ0v) is 18.3. The van der Waals surface area contributed by atoms with Crippen molar-refractivity contribution >= 4 is 55.1 Å². The highest BCUT2D eigenvalue weighted by Crippen LogP contribution is 2.27. The molecule has 0 bridgehead atoms. The molecule has 2 aromatic heterocycles. The molecule has 4 rings (SSSR count). The van der Waals surface area contributed by atoms with Gasteiger partial charge in [-0.25, -0.2) is 18.4 Å². The maximum Gasteiger partial charge on any atom is 0.257 e. The van der Waals surface area contributed by atoms with Crippen LogP contribution in [0, 0.1) is 0 Å². The molecular weight excluding hydrogens is 442 g/mol. The van der Waals surface area contributed by atoms with Crippen LogP contribution < -0.4 is 5.32 Å². The van der Waals surface area contributed by atoms with Crippen molar-refractivity contribution in [3.8, 4) is 11.3 Å². The van der Waals surface area contributed by atoms with Crippen LogP contribution in [0.1, 0.15) is 6.92 Å². The number of sulfone groups is 1. The van der Waals surface area contributed by atoms with E-state index in [9.17, 15) is 13.2 Å². The Labute approximate surface area is 181 Å². The maximum absolute atomic E-state index is 12.3. The average molecular weight is 460 g/mol. The Balaban J connectivity index is 1.39. The molecule has 0 fully saturated rings. The van der Waals surface area contributed by atoms with Crippen molar-refractivity contribution < 1.29 is 17.6 Å². The lowest BCUT2D eigenvalue weighted by atomic mass is 10.2. The van der Waals surface area contributed by atoms with Crippen molar-refractivity contribution in [1.29, 1.82) is 0 Å². The van der Waals surface area contributed by atoms with E-state index in [0.29, 0.717) is 21.5 Å². The molecule has 10 heteroatoms. The van der Waals surface area contributed by atoms with Crippen LogP contribution in [-0.4, -0.2) is 35.8 Å². The fourth-order valence-electron chi connectivity index (χ4n) is 2.66. The summed E-state index contributed by atoms with van der Waals surface area (Å²) in [7, 11) is -3.32. The summed E-state index contributed by atoms with van der Waals surface area (Å²) in [5.74, 6) is -0.126. The van der Waals surface area contributed by atoms with Gasteiger partial charge in [0.15, 0.2) is 20.6 Å². The van der Waals surface area contributed by atoms with Gasteiger partial charge in [-0.1, -0.05) is 49.0 Å². The predicted molar refractivity (Wildman–Crippen MR) is 119 cm³/mol. The van der Waals surface area contributed by atoms with Gasteiger partial charge in [0.2, 0.25) is 5.91 Å². The summed E-state index contributed by atoms with van der Waals surface area (Å²) in [6.07, 6.45) is 0. The molecular formula is C20H17N3O4S3.